The third-order valence-corrected chi connectivity index (χ3v) is 7.73. The van der Waals surface area contributed by atoms with Gasteiger partial charge in [0.25, 0.3) is 0 Å². The number of carbonyl (C=O) groups excluding carboxylic acids is 1. The van der Waals surface area contributed by atoms with Gasteiger partial charge >= 0.3 is 0 Å². The van der Waals surface area contributed by atoms with Crippen molar-refractivity contribution in [1.82, 2.24) is 9.62 Å². The Morgan fingerprint density at radius 2 is 1.40 bits per heavy atom. The van der Waals surface area contributed by atoms with Crippen LogP contribution in [-0.2, 0) is 14.8 Å². The highest BCUT2D eigenvalue weighted by Crippen LogP contribution is 2.70. The van der Waals surface area contributed by atoms with E-state index in [0.29, 0.717) is 13.1 Å². The van der Waals surface area contributed by atoms with E-state index in [1.54, 1.807) is 13.8 Å². The van der Waals surface area contributed by atoms with Gasteiger partial charge in [0.2, 0.25) is 15.9 Å². The van der Waals surface area contributed by atoms with Gasteiger partial charge in [0.1, 0.15) is 5.75 Å². The Bertz CT molecular complexity index is 477. The lowest BCUT2D eigenvalue weighted by Gasteiger charge is -2.21. The zero-order valence-corrected chi connectivity index (χ0v) is 14.5. The fourth-order valence-corrected chi connectivity index (χ4v) is 4.47. The fraction of sp³-hybridized carbons (Fsp3) is 0.929. The van der Waals surface area contributed by atoms with Crippen LogP contribution < -0.4 is 5.32 Å². The molecule has 0 saturated heterocycles. The van der Waals surface area contributed by atoms with Gasteiger partial charge in [-0.15, -0.1) is 0 Å². The summed E-state index contributed by atoms with van der Waals surface area (Å²) in [6.45, 7) is 14.7. The van der Waals surface area contributed by atoms with Crippen LogP contribution in [0.1, 0.15) is 48.5 Å². The zero-order valence-electron chi connectivity index (χ0n) is 13.7. The SMILES string of the molecule is CCN(CC)S(=O)(=O)CC(=O)NC1(C)C(C)(C)C1(C)C. The molecule has 0 bridgehead atoms. The van der Waals surface area contributed by atoms with Gasteiger partial charge < -0.3 is 5.32 Å². The topological polar surface area (TPSA) is 66.5 Å². The monoisotopic (exact) mass is 304 g/mol. The van der Waals surface area contributed by atoms with Crippen molar-refractivity contribution in [2.24, 2.45) is 10.8 Å². The van der Waals surface area contributed by atoms with Gasteiger partial charge in [-0.05, 0) is 17.8 Å². The van der Waals surface area contributed by atoms with E-state index in [1.807, 2.05) is 6.92 Å². The highest BCUT2D eigenvalue weighted by atomic mass is 32.2. The van der Waals surface area contributed by atoms with Crippen molar-refractivity contribution in [3.05, 3.63) is 0 Å². The van der Waals surface area contributed by atoms with Gasteiger partial charge in [0.05, 0.1) is 0 Å². The molecule has 1 fully saturated rings. The summed E-state index contributed by atoms with van der Waals surface area (Å²) < 4.78 is 25.5. The van der Waals surface area contributed by atoms with E-state index in [9.17, 15) is 13.2 Å². The Labute approximate surface area is 123 Å². The second-order valence-electron chi connectivity index (χ2n) is 6.76. The molecule has 0 aromatic heterocycles. The number of sulfonamides is 1. The summed E-state index contributed by atoms with van der Waals surface area (Å²) in [5.41, 5.74) is -0.459. The van der Waals surface area contributed by atoms with Gasteiger partial charge in [-0.2, -0.15) is 0 Å². The van der Waals surface area contributed by atoms with E-state index in [2.05, 4.69) is 33.0 Å². The molecule has 1 amide bonds. The van der Waals surface area contributed by atoms with Crippen LogP contribution in [0.3, 0.4) is 0 Å². The number of amides is 1. The first kappa shape index (κ1) is 17.4. The molecule has 20 heavy (non-hydrogen) atoms. The minimum Gasteiger partial charge on any atom is -0.349 e. The molecule has 118 valence electrons. The molecule has 1 N–H and O–H groups in total. The molecule has 1 rings (SSSR count). The van der Waals surface area contributed by atoms with Crippen LogP contribution in [0.15, 0.2) is 0 Å². The fourth-order valence-electron chi connectivity index (χ4n) is 3.10. The minimum absolute atomic E-state index is 0.0470. The molecular formula is C14H28N2O3S. The van der Waals surface area contributed by atoms with Crippen LogP contribution in [0.25, 0.3) is 0 Å². The average Bonchev–Trinajstić information content (AvgIpc) is 2.56. The summed E-state index contributed by atoms with van der Waals surface area (Å²) in [6, 6.07) is 0. The third kappa shape index (κ3) is 2.37. The highest BCUT2D eigenvalue weighted by molar-refractivity contribution is 7.89. The maximum atomic E-state index is 12.1. The second kappa shape index (κ2) is 4.98. The lowest BCUT2D eigenvalue weighted by Crippen LogP contribution is -2.45. The Kier molecular flexibility index (Phi) is 4.34. The number of nitrogens with zero attached hydrogens (tertiary/aromatic N) is 1. The lowest BCUT2D eigenvalue weighted by atomic mass is 10.0. The Morgan fingerprint density at radius 1 is 1.00 bits per heavy atom. The number of carbonyl (C=O) groups is 1. The van der Waals surface area contributed by atoms with E-state index in [-0.39, 0.29) is 16.4 Å². The van der Waals surface area contributed by atoms with E-state index in [0.717, 1.165) is 0 Å². The van der Waals surface area contributed by atoms with E-state index >= 15 is 0 Å². The van der Waals surface area contributed by atoms with Crippen molar-refractivity contribution < 1.29 is 13.2 Å². The number of hydrogen-bond donors (Lipinski definition) is 1. The first-order chi connectivity index (χ1) is 8.87. The van der Waals surface area contributed by atoms with Crippen molar-refractivity contribution in [2.75, 3.05) is 18.8 Å². The summed E-state index contributed by atoms with van der Waals surface area (Å²) >= 11 is 0. The maximum Gasteiger partial charge on any atom is 0.237 e. The van der Waals surface area contributed by atoms with Crippen molar-refractivity contribution in [2.45, 2.75) is 54.0 Å². The highest BCUT2D eigenvalue weighted by Gasteiger charge is 2.75. The Hall–Kier alpha value is -0.620. The zero-order chi connectivity index (χ0) is 16.0. The molecule has 0 heterocycles. The largest absolute Gasteiger partial charge is 0.349 e. The third-order valence-electron chi connectivity index (χ3n) is 5.80. The molecule has 1 saturated carbocycles. The van der Waals surface area contributed by atoms with Crippen LogP contribution in [0.5, 0.6) is 0 Å². The van der Waals surface area contributed by atoms with E-state index in [4.69, 9.17) is 0 Å². The van der Waals surface area contributed by atoms with E-state index in [1.165, 1.54) is 4.31 Å². The first-order valence-corrected chi connectivity index (χ1v) is 8.77. The first-order valence-electron chi connectivity index (χ1n) is 7.16. The molecule has 0 spiro atoms. The average molecular weight is 304 g/mol. The molecule has 5 nitrogen and oxygen atoms in total. The van der Waals surface area contributed by atoms with Crippen molar-refractivity contribution in [3.63, 3.8) is 0 Å². The molecule has 0 radical (unpaired) electrons. The standard InChI is InChI=1S/C14H28N2O3S/c1-8-16(9-2)20(18,19)10-11(17)15-14(7)12(3,4)13(14,5)6/h8-10H2,1-7H3,(H,15,17). The lowest BCUT2D eigenvalue weighted by molar-refractivity contribution is -0.119. The summed E-state index contributed by atoms with van der Waals surface area (Å²) in [4.78, 5) is 12.1. The number of rotatable bonds is 6. The summed E-state index contributed by atoms with van der Waals surface area (Å²) in [5.74, 6) is -0.894. The Morgan fingerprint density at radius 3 is 1.70 bits per heavy atom. The molecule has 0 aromatic carbocycles. The maximum absolute atomic E-state index is 12.1. The van der Waals surface area contributed by atoms with Gasteiger partial charge in [-0.25, -0.2) is 12.7 Å². The van der Waals surface area contributed by atoms with Gasteiger partial charge in [-0.1, -0.05) is 41.5 Å². The van der Waals surface area contributed by atoms with E-state index < -0.39 is 21.7 Å². The van der Waals surface area contributed by atoms with Crippen LogP contribution >= 0.6 is 0 Å². The molecule has 0 aromatic rings. The van der Waals surface area contributed by atoms with Crippen LogP contribution in [0, 0.1) is 10.8 Å². The normalized spacial score (nSPS) is 22.6. The summed E-state index contributed by atoms with van der Waals surface area (Å²) in [7, 11) is -3.52. The van der Waals surface area contributed by atoms with Gasteiger partial charge in [-0.3, -0.25) is 4.79 Å². The quantitative estimate of drug-likeness (QED) is 0.810. The molecule has 6 heteroatoms. The van der Waals surface area contributed by atoms with Crippen LogP contribution in [0.4, 0.5) is 0 Å². The summed E-state index contributed by atoms with van der Waals surface area (Å²) in [5, 5.41) is 2.93. The van der Waals surface area contributed by atoms with Crippen LogP contribution in [0.2, 0.25) is 0 Å². The molecule has 0 aliphatic heterocycles. The van der Waals surface area contributed by atoms with Crippen LogP contribution in [-0.4, -0.2) is 43.0 Å². The predicted octanol–water partition coefficient (Wildman–Crippen LogP) is 1.60. The van der Waals surface area contributed by atoms with Crippen molar-refractivity contribution in [3.8, 4) is 0 Å². The molecular weight excluding hydrogens is 276 g/mol. The molecule has 1 aliphatic rings. The van der Waals surface area contributed by atoms with Gasteiger partial charge in [0.15, 0.2) is 0 Å². The van der Waals surface area contributed by atoms with Crippen molar-refractivity contribution >= 4 is 15.9 Å². The Balaban J connectivity index is 2.77. The van der Waals surface area contributed by atoms with Crippen molar-refractivity contribution in [1.29, 1.82) is 0 Å². The molecule has 1 aliphatic carbocycles. The smallest absolute Gasteiger partial charge is 0.237 e. The number of nitrogens with one attached hydrogen (secondary N) is 1. The molecule has 0 unspecified atom stereocenters. The molecule has 0 atom stereocenters. The predicted molar refractivity (Wildman–Crippen MR) is 80.8 cm³/mol. The second-order valence-corrected chi connectivity index (χ2v) is 8.73. The number of hydrogen-bond acceptors (Lipinski definition) is 3. The minimum atomic E-state index is -3.52. The van der Waals surface area contributed by atoms with Gasteiger partial charge in [0, 0.05) is 18.6 Å². The summed E-state index contributed by atoms with van der Waals surface area (Å²) in [6.07, 6.45) is 0.